The van der Waals surface area contributed by atoms with Crippen LogP contribution in [-0.2, 0) is 11.2 Å². The first-order valence-corrected chi connectivity index (χ1v) is 8.46. The molecule has 2 unspecified atom stereocenters. The number of benzene rings is 1. The van der Waals surface area contributed by atoms with Crippen molar-refractivity contribution in [3.05, 3.63) is 35.4 Å². The fourth-order valence-corrected chi connectivity index (χ4v) is 3.71. The number of ether oxygens (including phenoxy) is 1. The molecule has 4 nitrogen and oxygen atoms in total. The van der Waals surface area contributed by atoms with Gasteiger partial charge in [0.2, 0.25) is 0 Å². The normalized spacial score (nSPS) is 24.9. The van der Waals surface area contributed by atoms with Gasteiger partial charge in [-0.1, -0.05) is 31.0 Å². The van der Waals surface area contributed by atoms with E-state index in [-0.39, 0.29) is 18.1 Å². The van der Waals surface area contributed by atoms with Gasteiger partial charge in [0, 0.05) is 12.1 Å². The first-order valence-electron chi connectivity index (χ1n) is 8.46. The van der Waals surface area contributed by atoms with Crippen molar-refractivity contribution in [2.45, 2.75) is 44.2 Å². The van der Waals surface area contributed by atoms with E-state index in [0.29, 0.717) is 6.61 Å². The molecule has 1 N–H and O–H groups in total. The molecule has 1 saturated carbocycles. The van der Waals surface area contributed by atoms with Gasteiger partial charge < -0.3 is 15.0 Å². The van der Waals surface area contributed by atoms with Crippen LogP contribution in [0, 0.1) is 0 Å². The Hall–Kier alpha value is -1.39. The van der Waals surface area contributed by atoms with Crippen LogP contribution >= 0.6 is 0 Å². The minimum atomic E-state index is 0.187. The lowest BCUT2D eigenvalue weighted by atomic mass is 9.89. The number of carbonyl (C=O) groups excluding carboxylic acids is 1. The molecular formula is C18H26N2O2. The summed E-state index contributed by atoms with van der Waals surface area (Å²) >= 11 is 0. The van der Waals surface area contributed by atoms with Gasteiger partial charge in [0.15, 0.2) is 0 Å². The van der Waals surface area contributed by atoms with Gasteiger partial charge >= 0.3 is 0 Å². The van der Waals surface area contributed by atoms with Crippen LogP contribution in [0.4, 0.5) is 0 Å². The van der Waals surface area contributed by atoms with E-state index >= 15 is 0 Å². The Morgan fingerprint density at radius 3 is 3.00 bits per heavy atom. The summed E-state index contributed by atoms with van der Waals surface area (Å²) in [6, 6.07) is 8.30. The third kappa shape index (κ3) is 3.18. The first kappa shape index (κ1) is 15.5. The lowest BCUT2D eigenvalue weighted by Gasteiger charge is -2.44. The molecule has 0 spiro atoms. The molecule has 120 valence electrons. The summed E-state index contributed by atoms with van der Waals surface area (Å²) in [5.41, 5.74) is 2.00. The Morgan fingerprint density at radius 2 is 2.14 bits per heavy atom. The molecule has 1 saturated heterocycles. The van der Waals surface area contributed by atoms with E-state index in [1.54, 1.807) is 0 Å². The van der Waals surface area contributed by atoms with E-state index < -0.39 is 0 Å². The topological polar surface area (TPSA) is 41.6 Å². The second kappa shape index (κ2) is 7.25. The maximum Gasteiger partial charge on any atom is 0.254 e. The van der Waals surface area contributed by atoms with Crippen molar-refractivity contribution in [3.63, 3.8) is 0 Å². The van der Waals surface area contributed by atoms with E-state index in [4.69, 9.17) is 4.74 Å². The van der Waals surface area contributed by atoms with E-state index in [9.17, 15) is 4.79 Å². The highest BCUT2D eigenvalue weighted by atomic mass is 16.5. The van der Waals surface area contributed by atoms with Crippen LogP contribution in [-0.4, -0.2) is 49.7 Å². The van der Waals surface area contributed by atoms with E-state index in [1.807, 2.05) is 25.2 Å². The monoisotopic (exact) mass is 302 g/mol. The van der Waals surface area contributed by atoms with Gasteiger partial charge in [-0.05, 0) is 44.5 Å². The predicted molar refractivity (Wildman–Crippen MR) is 87.1 cm³/mol. The van der Waals surface area contributed by atoms with Crippen LogP contribution in [0.5, 0.6) is 0 Å². The highest BCUT2D eigenvalue weighted by Gasteiger charge is 2.37. The van der Waals surface area contributed by atoms with Gasteiger partial charge in [-0.2, -0.15) is 0 Å². The van der Waals surface area contributed by atoms with Crippen LogP contribution in [0.25, 0.3) is 0 Å². The van der Waals surface area contributed by atoms with Gasteiger partial charge in [-0.15, -0.1) is 0 Å². The number of nitrogens with zero attached hydrogens (tertiary/aromatic N) is 1. The Bertz CT molecular complexity index is 516. The smallest absolute Gasteiger partial charge is 0.254 e. The van der Waals surface area contributed by atoms with Crippen LogP contribution in [0.1, 0.15) is 41.6 Å². The molecular weight excluding hydrogens is 276 g/mol. The molecule has 4 heteroatoms. The van der Waals surface area contributed by atoms with Crippen LogP contribution in [0.3, 0.4) is 0 Å². The van der Waals surface area contributed by atoms with Gasteiger partial charge in [-0.3, -0.25) is 4.79 Å². The fourth-order valence-electron chi connectivity index (χ4n) is 3.71. The number of morpholine rings is 1. The summed E-state index contributed by atoms with van der Waals surface area (Å²) in [5, 5.41) is 3.16. The Morgan fingerprint density at radius 1 is 1.32 bits per heavy atom. The Balaban J connectivity index is 1.80. The summed E-state index contributed by atoms with van der Waals surface area (Å²) in [7, 11) is 1.94. The number of fused-ring (bicyclic) bond motifs is 1. The molecule has 2 fully saturated rings. The van der Waals surface area contributed by atoms with Crippen LogP contribution < -0.4 is 5.32 Å². The summed E-state index contributed by atoms with van der Waals surface area (Å²) in [6.07, 6.45) is 5.73. The molecule has 0 bridgehead atoms. The standard InChI is InChI=1S/C18H26N2O2/c1-19-11-10-14-6-2-3-7-15(14)18(21)20-12-13-22-17-9-5-4-8-16(17)20/h2-3,6-7,16-17,19H,4-5,8-13H2,1H3. The van der Waals surface area contributed by atoms with Gasteiger partial charge in [-0.25, -0.2) is 0 Å². The van der Waals surface area contributed by atoms with Crippen molar-refractivity contribution in [1.29, 1.82) is 0 Å². The molecule has 2 aliphatic rings. The molecule has 1 aromatic rings. The van der Waals surface area contributed by atoms with Gasteiger partial charge in [0.05, 0.1) is 18.8 Å². The molecule has 2 atom stereocenters. The molecule has 1 amide bonds. The van der Waals surface area contributed by atoms with Crippen LogP contribution in [0.2, 0.25) is 0 Å². The first-order chi connectivity index (χ1) is 10.8. The zero-order chi connectivity index (χ0) is 15.4. The summed E-state index contributed by atoms with van der Waals surface area (Å²) in [5.74, 6) is 0.187. The average molecular weight is 302 g/mol. The summed E-state index contributed by atoms with van der Waals surface area (Å²) in [6.45, 7) is 2.28. The highest BCUT2D eigenvalue weighted by molar-refractivity contribution is 5.96. The summed E-state index contributed by atoms with van der Waals surface area (Å²) < 4.78 is 5.89. The molecule has 0 aromatic heterocycles. The second-order valence-electron chi connectivity index (χ2n) is 6.27. The number of carbonyl (C=O) groups is 1. The minimum Gasteiger partial charge on any atom is -0.374 e. The van der Waals surface area contributed by atoms with Crippen molar-refractivity contribution < 1.29 is 9.53 Å². The molecule has 3 rings (SSSR count). The van der Waals surface area contributed by atoms with E-state index in [1.165, 1.54) is 12.8 Å². The largest absolute Gasteiger partial charge is 0.374 e. The van der Waals surface area contributed by atoms with E-state index in [0.717, 1.165) is 43.5 Å². The maximum atomic E-state index is 13.1. The highest BCUT2D eigenvalue weighted by Crippen LogP contribution is 2.29. The number of hydrogen-bond donors (Lipinski definition) is 1. The molecule has 1 aromatic carbocycles. The molecule has 22 heavy (non-hydrogen) atoms. The number of hydrogen-bond acceptors (Lipinski definition) is 3. The number of likely N-dealkylation sites (N-methyl/N-ethyl adjacent to an activating group) is 1. The lowest BCUT2D eigenvalue weighted by molar-refractivity contribution is -0.0753. The molecule has 1 heterocycles. The van der Waals surface area contributed by atoms with Crippen molar-refractivity contribution in [2.75, 3.05) is 26.7 Å². The quantitative estimate of drug-likeness (QED) is 0.927. The Labute approximate surface area is 132 Å². The summed E-state index contributed by atoms with van der Waals surface area (Å²) in [4.78, 5) is 15.2. The minimum absolute atomic E-state index is 0.187. The molecule has 1 aliphatic carbocycles. The van der Waals surface area contributed by atoms with Gasteiger partial charge in [0.25, 0.3) is 5.91 Å². The molecule has 0 radical (unpaired) electrons. The molecule has 1 aliphatic heterocycles. The average Bonchev–Trinajstić information content (AvgIpc) is 2.59. The lowest BCUT2D eigenvalue weighted by Crippen LogP contribution is -2.55. The second-order valence-corrected chi connectivity index (χ2v) is 6.27. The third-order valence-corrected chi connectivity index (χ3v) is 4.89. The maximum absolute atomic E-state index is 13.1. The zero-order valence-electron chi connectivity index (χ0n) is 13.4. The Kier molecular flexibility index (Phi) is 5.11. The SMILES string of the molecule is CNCCc1ccccc1C(=O)N1CCOC2CCCCC21. The van der Waals surface area contributed by atoms with Crippen LogP contribution in [0.15, 0.2) is 24.3 Å². The predicted octanol–water partition coefficient (Wildman–Crippen LogP) is 2.23. The van der Waals surface area contributed by atoms with Gasteiger partial charge in [0.1, 0.15) is 0 Å². The number of nitrogens with one attached hydrogen (secondary N) is 1. The van der Waals surface area contributed by atoms with Crippen molar-refractivity contribution in [2.24, 2.45) is 0 Å². The van der Waals surface area contributed by atoms with Crippen molar-refractivity contribution in [1.82, 2.24) is 10.2 Å². The zero-order valence-corrected chi connectivity index (χ0v) is 13.4. The third-order valence-electron chi connectivity index (χ3n) is 4.89. The number of rotatable bonds is 4. The number of amides is 1. The van der Waals surface area contributed by atoms with Crippen molar-refractivity contribution >= 4 is 5.91 Å². The van der Waals surface area contributed by atoms with Crippen molar-refractivity contribution in [3.8, 4) is 0 Å². The van der Waals surface area contributed by atoms with E-state index in [2.05, 4.69) is 16.3 Å². The fraction of sp³-hybridized carbons (Fsp3) is 0.611.